The van der Waals surface area contributed by atoms with Gasteiger partial charge < -0.3 is 10.6 Å². The van der Waals surface area contributed by atoms with Gasteiger partial charge in [-0.15, -0.1) is 0 Å². The number of carbonyl (C=O) groups is 1. The molecule has 1 aromatic rings. The number of nitrogens with one attached hydrogen (secondary N) is 2. The maximum atomic E-state index is 12.0. The molecular formula is C15H20N2O. The third-order valence-electron chi connectivity index (χ3n) is 3.85. The molecule has 3 heteroatoms. The van der Waals surface area contributed by atoms with Crippen molar-refractivity contribution in [1.29, 1.82) is 0 Å². The third-order valence-corrected chi connectivity index (χ3v) is 3.85. The van der Waals surface area contributed by atoms with E-state index in [0.29, 0.717) is 0 Å². The fourth-order valence-corrected chi connectivity index (χ4v) is 2.55. The summed E-state index contributed by atoms with van der Waals surface area (Å²) >= 11 is 0. The summed E-state index contributed by atoms with van der Waals surface area (Å²) in [5.74, 6) is 1.02. The molecule has 0 atom stereocenters. The number of anilines is 1. The summed E-state index contributed by atoms with van der Waals surface area (Å²) in [6.07, 6.45) is 6.20. The molecule has 2 N–H and O–H groups in total. The van der Waals surface area contributed by atoms with Crippen molar-refractivity contribution in [3.05, 3.63) is 29.3 Å². The van der Waals surface area contributed by atoms with Crippen molar-refractivity contribution in [2.45, 2.75) is 32.1 Å². The molecule has 18 heavy (non-hydrogen) atoms. The van der Waals surface area contributed by atoms with Crippen LogP contribution in [0.5, 0.6) is 0 Å². The second kappa shape index (κ2) is 5.01. The molecule has 0 aromatic heterocycles. The van der Waals surface area contributed by atoms with E-state index in [0.717, 1.165) is 37.4 Å². The predicted molar refractivity (Wildman–Crippen MR) is 72.9 cm³/mol. The zero-order valence-corrected chi connectivity index (χ0v) is 10.7. The summed E-state index contributed by atoms with van der Waals surface area (Å²) in [5.41, 5.74) is 3.24. The van der Waals surface area contributed by atoms with Gasteiger partial charge in [-0.2, -0.15) is 0 Å². The molecule has 1 heterocycles. The van der Waals surface area contributed by atoms with Gasteiger partial charge in [-0.3, -0.25) is 4.79 Å². The zero-order chi connectivity index (χ0) is 12.4. The number of rotatable bonds is 5. The quantitative estimate of drug-likeness (QED) is 0.782. The number of amides is 1. The van der Waals surface area contributed by atoms with Crippen LogP contribution in [0.25, 0.3) is 0 Å². The second-order valence-corrected chi connectivity index (χ2v) is 5.39. The summed E-state index contributed by atoms with van der Waals surface area (Å²) in [7, 11) is 0. The number of benzene rings is 1. The Balaban J connectivity index is 1.51. The minimum atomic E-state index is 0.0699. The lowest BCUT2D eigenvalue weighted by molar-refractivity contribution is 0.0952. The van der Waals surface area contributed by atoms with E-state index in [1.165, 1.54) is 30.5 Å². The van der Waals surface area contributed by atoms with Crippen LogP contribution in [0.1, 0.15) is 41.6 Å². The minimum absolute atomic E-state index is 0.0699. The third kappa shape index (κ3) is 2.66. The van der Waals surface area contributed by atoms with Crippen LogP contribution < -0.4 is 10.6 Å². The van der Waals surface area contributed by atoms with Crippen LogP contribution in [0.15, 0.2) is 18.2 Å². The number of hydrogen-bond acceptors (Lipinski definition) is 2. The summed E-state index contributed by atoms with van der Waals surface area (Å²) < 4.78 is 0. The lowest BCUT2D eigenvalue weighted by atomic mass is 10.1. The summed E-state index contributed by atoms with van der Waals surface area (Å²) in [6.45, 7) is 1.80. The first kappa shape index (κ1) is 11.6. The Morgan fingerprint density at radius 3 is 3.11 bits per heavy atom. The van der Waals surface area contributed by atoms with Gasteiger partial charge in [0, 0.05) is 24.3 Å². The Labute approximate surface area is 108 Å². The van der Waals surface area contributed by atoms with E-state index in [9.17, 15) is 4.79 Å². The van der Waals surface area contributed by atoms with Crippen molar-refractivity contribution >= 4 is 11.6 Å². The monoisotopic (exact) mass is 244 g/mol. The molecule has 0 saturated heterocycles. The summed E-state index contributed by atoms with van der Waals surface area (Å²) in [5, 5.41) is 6.32. The molecular weight excluding hydrogens is 224 g/mol. The Morgan fingerprint density at radius 2 is 2.28 bits per heavy atom. The highest BCUT2D eigenvalue weighted by molar-refractivity contribution is 5.95. The topological polar surface area (TPSA) is 41.1 Å². The molecule has 2 aliphatic rings. The maximum Gasteiger partial charge on any atom is 0.251 e. The van der Waals surface area contributed by atoms with Crippen molar-refractivity contribution in [3.8, 4) is 0 Å². The smallest absolute Gasteiger partial charge is 0.251 e. The van der Waals surface area contributed by atoms with E-state index in [1.54, 1.807) is 0 Å². The Hall–Kier alpha value is -1.51. The van der Waals surface area contributed by atoms with Gasteiger partial charge in [0.05, 0.1) is 0 Å². The molecule has 0 unspecified atom stereocenters. The fraction of sp³-hybridized carbons (Fsp3) is 0.533. The highest BCUT2D eigenvalue weighted by Gasteiger charge is 2.20. The summed E-state index contributed by atoms with van der Waals surface area (Å²) in [4.78, 5) is 12.0. The molecule has 1 aliphatic heterocycles. The van der Waals surface area contributed by atoms with Crippen LogP contribution in [0.3, 0.4) is 0 Å². The van der Waals surface area contributed by atoms with Gasteiger partial charge >= 0.3 is 0 Å². The molecule has 0 bridgehead atoms. The van der Waals surface area contributed by atoms with E-state index in [4.69, 9.17) is 0 Å². The SMILES string of the molecule is O=C(NCCCC1CC1)c1ccc2c(c1)CCN2. The van der Waals surface area contributed by atoms with Crippen molar-refractivity contribution in [2.75, 3.05) is 18.4 Å². The fourth-order valence-electron chi connectivity index (χ4n) is 2.55. The molecule has 1 aliphatic carbocycles. The van der Waals surface area contributed by atoms with E-state index in [2.05, 4.69) is 10.6 Å². The van der Waals surface area contributed by atoms with Crippen molar-refractivity contribution < 1.29 is 4.79 Å². The van der Waals surface area contributed by atoms with Crippen molar-refractivity contribution in [1.82, 2.24) is 5.32 Å². The van der Waals surface area contributed by atoms with Crippen molar-refractivity contribution in [2.24, 2.45) is 5.92 Å². The molecule has 3 rings (SSSR count). The predicted octanol–water partition coefficient (Wildman–Crippen LogP) is 2.57. The van der Waals surface area contributed by atoms with Crippen LogP contribution in [0, 0.1) is 5.92 Å². The van der Waals surface area contributed by atoms with E-state index < -0.39 is 0 Å². The number of fused-ring (bicyclic) bond motifs is 1. The van der Waals surface area contributed by atoms with Gasteiger partial charge in [-0.25, -0.2) is 0 Å². The lowest BCUT2D eigenvalue weighted by Crippen LogP contribution is -2.24. The first-order valence-electron chi connectivity index (χ1n) is 6.98. The molecule has 96 valence electrons. The second-order valence-electron chi connectivity index (χ2n) is 5.39. The largest absolute Gasteiger partial charge is 0.384 e. The first-order chi connectivity index (χ1) is 8.83. The van der Waals surface area contributed by atoms with Gasteiger partial charge in [0.2, 0.25) is 0 Å². The minimum Gasteiger partial charge on any atom is -0.384 e. The van der Waals surface area contributed by atoms with Crippen LogP contribution in [0.2, 0.25) is 0 Å². The van der Waals surface area contributed by atoms with Crippen LogP contribution in [0.4, 0.5) is 5.69 Å². The van der Waals surface area contributed by atoms with Crippen LogP contribution in [-0.2, 0) is 6.42 Å². The highest BCUT2D eigenvalue weighted by atomic mass is 16.1. The highest BCUT2D eigenvalue weighted by Crippen LogP contribution is 2.33. The van der Waals surface area contributed by atoms with E-state index >= 15 is 0 Å². The number of hydrogen-bond donors (Lipinski definition) is 2. The van der Waals surface area contributed by atoms with Crippen LogP contribution >= 0.6 is 0 Å². The Morgan fingerprint density at radius 1 is 1.39 bits per heavy atom. The van der Waals surface area contributed by atoms with E-state index in [-0.39, 0.29) is 5.91 Å². The average molecular weight is 244 g/mol. The molecule has 0 radical (unpaired) electrons. The Bertz CT molecular complexity index is 452. The molecule has 1 aromatic carbocycles. The standard InChI is InChI=1S/C15H20N2O/c18-15(17-8-1-2-11-3-4-11)13-5-6-14-12(10-13)7-9-16-14/h5-6,10-11,16H,1-4,7-9H2,(H,17,18). The van der Waals surface area contributed by atoms with Gasteiger partial charge in [0.15, 0.2) is 0 Å². The van der Waals surface area contributed by atoms with Gasteiger partial charge in [0.1, 0.15) is 0 Å². The van der Waals surface area contributed by atoms with E-state index in [1.807, 2.05) is 18.2 Å². The zero-order valence-electron chi connectivity index (χ0n) is 10.7. The summed E-state index contributed by atoms with van der Waals surface area (Å²) in [6, 6.07) is 5.94. The van der Waals surface area contributed by atoms with Gasteiger partial charge in [0.25, 0.3) is 5.91 Å². The molecule has 1 saturated carbocycles. The maximum absolute atomic E-state index is 12.0. The average Bonchev–Trinajstić information content (AvgIpc) is 3.09. The Kier molecular flexibility index (Phi) is 3.22. The normalized spacial score (nSPS) is 17.1. The molecule has 1 amide bonds. The molecule has 0 spiro atoms. The van der Waals surface area contributed by atoms with Crippen molar-refractivity contribution in [3.63, 3.8) is 0 Å². The first-order valence-corrected chi connectivity index (χ1v) is 6.98. The van der Waals surface area contributed by atoms with Crippen LogP contribution in [-0.4, -0.2) is 19.0 Å². The molecule has 1 fully saturated rings. The number of carbonyl (C=O) groups excluding carboxylic acids is 1. The van der Waals surface area contributed by atoms with Gasteiger partial charge in [-0.05, 0) is 48.9 Å². The lowest BCUT2D eigenvalue weighted by Gasteiger charge is -2.06. The molecule has 3 nitrogen and oxygen atoms in total. The van der Waals surface area contributed by atoms with Gasteiger partial charge in [-0.1, -0.05) is 12.8 Å².